The summed E-state index contributed by atoms with van der Waals surface area (Å²) in [4.78, 5) is 12.7. The first kappa shape index (κ1) is 20.5. The molecule has 0 aliphatic rings. The third-order valence-electron chi connectivity index (χ3n) is 4.73. The minimum atomic E-state index is -0.768. The van der Waals surface area contributed by atoms with Crippen molar-refractivity contribution in [3.8, 4) is 5.75 Å². The topological polar surface area (TPSA) is 56.2 Å². The Balaban J connectivity index is 1.66. The van der Waals surface area contributed by atoms with Gasteiger partial charge in [0.2, 0.25) is 0 Å². The molecular formula is C22H23F2N3O2. The standard InChI is InChI=1S/C22H23F2N3O2/c1-4-27-15(3)19(12-25-27)14(2)26-22(28)17-7-5-6-16(10-17)13-29-21-9-8-18(23)11-20(21)24/h5-12,14H,4,13H2,1-3H3,(H,26,28). The number of amides is 1. The number of carbonyl (C=O) groups is 1. The Hall–Kier alpha value is -3.22. The summed E-state index contributed by atoms with van der Waals surface area (Å²) >= 11 is 0. The maximum atomic E-state index is 13.7. The summed E-state index contributed by atoms with van der Waals surface area (Å²) in [7, 11) is 0. The van der Waals surface area contributed by atoms with Crippen molar-refractivity contribution in [2.75, 3.05) is 0 Å². The molecule has 7 heteroatoms. The van der Waals surface area contributed by atoms with E-state index in [0.29, 0.717) is 11.1 Å². The van der Waals surface area contributed by atoms with Gasteiger partial charge in [0, 0.05) is 29.4 Å². The third kappa shape index (κ3) is 4.80. The van der Waals surface area contributed by atoms with Crippen LogP contribution in [0.2, 0.25) is 0 Å². The minimum absolute atomic E-state index is 0.0433. The van der Waals surface area contributed by atoms with Gasteiger partial charge >= 0.3 is 0 Å². The largest absolute Gasteiger partial charge is 0.486 e. The van der Waals surface area contributed by atoms with Gasteiger partial charge in [-0.2, -0.15) is 5.10 Å². The van der Waals surface area contributed by atoms with Crippen LogP contribution in [-0.2, 0) is 13.2 Å². The molecule has 5 nitrogen and oxygen atoms in total. The van der Waals surface area contributed by atoms with Gasteiger partial charge in [-0.3, -0.25) is 9.48 Å². The van der Waals surface area contributed by atoms with E-state index in [2.05, 4.69) is 10.4 Å². The van der Waals surface area contributed by atoms with E-state index in [9.17, 15) is 13.6 Å². The Morgan fingerprint density at radius 3 is 2.72 bits per heavy atom. The number of ether oxygens (including phenoxy) is 1. The molecule has 0 saturated heterocycles. The molecule has 1 atom stereocenters. The van der Waals surface area contributed by atoms with E-state index < -0.39 is 11.6 Å². The molecule has 0 radical (unpaired) electrons. The molecule has 0 aliphatic heterocycles. The molecule has 0 saturated carbocycles. The van der Waals surface area contributed by atoms with Crippen molar-refractivity contribution >= 4 is 5.91 Å². The second kappa shape index (κ2) is 8.86. The van der Waals surface area contributed by atoms with Crippen molar-refractivity contribution in [2.24, 2.45) is 0 Å². The fourth-order valence-electron chi connectivity index (χ4n) is 3.12. The van der Waals surface area contributed by atoms with Crippen molar-refractivity contribution in [2.45, 2.75) is 40.0 Å². The van der Waals surface area contributed by atoms with Crippen molar-refractivity contribution in [3.63, 3.8) is 0 Å². The first-order chi connectivity index (χ1) is 13.9. The van der Waals surface area contributed by atoms with Crippen molar-refractivity contribution in [1.29, 1.82) is 0 Å². The van der Waals surface area contributed by atoms with E-state index in [1.54, 1.807) is 30.5 Å². The summed E-state index contributed by atoms with van der Waals surface area (Å²) < 4.78 is 34.0. The number of nitrogens with zero attached hydrogens (tertiary/aromatic N) is 2. The normalized spacial score (nSPS) is 11.9. The molecule has 1 aromatic heterocycles. The van der Waals surface area contributed by atoms with E-state index in [1.165, 1.54) is 6.07 Å². The molecular weight excluding hydrogens is 376 g/mol. The fourth-order valence-corrected chi connectivity index (χ4v) is 3.12. The molecule has 3 aromatic rings. The van der Waals surface area contributed by atoms with Crippen LogP contribution in [0.25, 0.3) is 0 Å². The van der Waals surface area contributed by atoms with Gasteiger partial charge in [-0.25, -0.2) is 8.78 Å². The lowest BCUT2D eigenvalue weighted by atomic mass is 10.1. The van der Waals surface area contributed by atoms with Gasteiger partial charge in [-0.15, -0.1) is 0 Å². The Morgan fingerprint density at radius 2 is 2.03 bits per heavy atom. The molecule has 0 spiro atoms. The lowest BCUT2D eigenvalue weighted by molar-refractivity contribution is 0.0939. The van der Waals surface area contributed by atoms with Crippen LogP contribution in [0.3, 0.4) is 0 Å². The highest BCUT2D eigenvalue weighted by molar-refractivity contribution is 5.94. The molecule has 2 aromatic carbocycles. The van der Waals surface area contributed by atoms with Gasteiger partial charge in [0.05, 0.1) is 12.2 Å². The molecule has 1 unspecified atom stereocenters. The molecule has 152 valence electrons. The highest BCUT2D eigenvalue weighted by Crippen LogP contribution is 2.20. The van der Waals surface area contributed by atoms with Crippen LogP contribution < -0.4 is 10.1 Å². The third-order valence-corrected chi connectivity index (χ3v) is 4.73. The summed E-state index contributed by atoms with van der Waals surface area (Å²) in [6.07, 6.45) is 1.77. The number of benzene rings is 2. The summed E-state index contributed by atoms with van der Waals surface area (Å²) in [6.45, 7) is 6.72. The average Bonchev–Trinajstić information content (AvgIpc) is 3.08. The minimum Gasteiger partial charge on any atom is -0.486 e. The van der Waals surface area contributed by atoms with Gasteiger partial charge in [0.15, 0.2) is 11.6 Å². The van der Waals surface area contributed by atoms with Crippen molar-refractivity contribution < 1.29 is 18.3 Å². The highest BCUT2D eigenvalue weighted by Gasteiger charge is 2.16. The van der Waals surface area contributed by atoms with Gasteiger partial charge in [0.25, 0.3) is 5.91 Å². The summed E-state index contributed by atoms with van der Waals surface area (Å²) in [5, 5.41) is 7.28. The van der Waals surface area contributed by atoms with E-state index in [-0.39, 0.29) is 24.3 Å². The van der Waals surface area contributed by atoms with Crippen LogP contribution in [0.1, 0.15) is 47.1 Å². The van der Waals surface area contributed by atoms with Crippen LogP contribution >= 0.6 is 0 Å². The Bertz CT molecular complexity index is 1020. The monoisotopic (exact) mass is 399 g/mol. The zero-order chi connectivity index (χ0) is 21.0. The van der Waals surface area contributed by atoms with E-state index in [1.807, 2.05) is 25.5 Å². The molecule has 0 bridgehead atoms. The summed E-state index contributed by atoms with van der Waals surface area (Å²) in [6, 6.07) is 9.84. The van der Waals surface area contributed by atoms with E-state index >= 15 is 0 Å². The molecule has 1 N–H and O–H groups in total. The first-order valence-electron chi connectivity index (χ1n) is 9.39. The number of rotatable bonds is 7. The Morgan fingerprint density at radius 1 is 1.24 bits per heavy atom. The van der Waals surface area contributed by atoms with Gasteiger partial charge in [-0.05, 0) is 50.6 Å². The molecule has 1 heterocycles. The Kier molecular flexibility index (Phi) is 6.26. The van der Waals surface area contributed by atoms with Gasteiger partial charge in [0.1, 0.15) is 12.4 Å². The number of hydrogen-bond acceptors (Lipinski definition) is 3. The number of aromatic nitrogens is 2. The van der Waals surface area contributed by atoms with Crippen LogP contribution in [0.4, 0.5) is 8.78 Å². The van der Waals surface area contributed by atoms with Crippen LogP contribution in [0, 0.1) is 18.6 Å². The fraction of sp³-hybridized carbons (Fsp3) is 0.273. The Labute approximate surface area is 168 Å². The number of nitrogens with one attached hydrogen (secondary N) is 1. The number of aryl methyl sites for hydroxylation is 1. The predicted octanol–water partition coefficient (Wildman–Crippen LogP) is 4.56. The summed E-state index contributed by atoms with van der Waals surface area (Å²) in [5.74, 6) is -1.70. The lowest BCUT2D eigenvalue weighted by Gasteiger charge is -2.15. The highest BCUT2D eigenvalue weighted by atomic mass is 19.1. The first-order valence-corrected chi connectivity index (χ1v) is 9.39. The van der Waals surface area contributed by atoms with Crippen LogP contribution in [0.5, 0.6) is 5.75 Å². The predicted molar refractivity (Wildman–Crippen MR) is 106 cm³/mol. The van der Waals surface area contributed by atoms with E-state index in [4.69, 9.17) is 4.74 Å². The average molecular weight is 399 g/mol. The van der Waals surface area contributed by atoms with E-state index in [0.717, 1.165) is 29.9 Å². The van der Waals surface area contributed by atoms with Gasteiger partial charge < -0.3 is 10.1 Å². The van der Waals surface area contributed by atoms with Gasteiger partial charge in [-0.1, -0.05) is 12.1 Å². The summed E-state index contributed by atoms with van der Waals surface area (Å²) in [5.41, 5.74) is 3.15. The molecule has 29 heavy (non-hydrogen) atoms. The lowest BCUT2D eigenvalue weighted by Crippen LogP contribution is -2.27. The number of carbonyl (C=O) groups excluding carboxylic acids is 1. The molecule has 3 rings (SSSR count). The number of hydrogen-bond donors (Lipinski definition) is 1. The quantitative estimate of drug-likeness (QED) is 0.634. The zero-order valence-corrected chi connectivity index (χ0v) is 16.6. The second-order valence-corrected chi connectivity index (χ2v) is 6.76. The SMILES string of the molecule is CCn1ncc(C(C)NC(=O)c2cccc(COc3ccc(F)cc3F)c2)c1C. The smallest absolute Gasteiger partial charge is 0.251 e. The van der Waals surface area contributed by atoms with Crippen LogP contribution in [-0.4, -0.2) is 15.7 Å². The number of halogens is 2. The molecule has 0 aliphatic carbocycles. The zero-order valence-electron chi connectivity index (χ0n) is 16.6. The van der Waals surface area contributed by atoms with Crippen molar-refractivity contribution in [3.05, 3.63) is 82.7 Å². The molecule has 1 amide bonds. The molecule has 0 fully saturated rings. The maximum absolute atomic E-state index is 13.7. The van der Waals surface area contributed by atoms with Crippen LogP contribution in [0.15, 0.2) is 48.7 Å². The second-order valence-electron chi connectivity index (χ2n) is 6.76. The maximum Gasteiger partial charge on any atom is 0.251 e. The van der Waals surface area contributed by atoms with Crippen molar-refractivity contribution in [1.82, 2.24) is 15.1 Å².